The minimum absolute atomic E-state index is 0.942. The minimum atomic E-state index is 0.942. The lowest BCUT2D eigenvalue weighted by molar-refractivity contribution is 0.736. The zero-order chi connectivity index (χ0) is 12.1. The van der Waals surface area contributed by atoms with Crippen molar-refractivity contribution >= 4 is 39.0 Å². The van der Waals surface area contributed by atoms with Crippen molar-refractivity contribution in [3.63, 3.8) is 0 Å². The maximum atomic E-state index is 4.27. The molecular formula is C11H14BrN3S2. The van der Waals surface area contributed by atoms with Crippen LogP contribution < -0.4 is 5.32 Å². The Balaban J connectivity index is 1.62. The Morgan fingerprint density at radius 2 is 2.47 bits per heavy atom. The molecule has 2 rings (SSSR count). The van der Waals surface area contributed by atoms with Gasteiger partial charge in [-0.25, -0.2) is 4.98 Å². The van der Waals surface area contributed by atoms with E-state index < -0.39 is 0 Å². The van der Waals surface area contributed by atoms with Gasteiger partial charge >= 0.3 is 0 Å². The monoisotopic (exact) mass is 331 g/mol. The molecule has 0 unspecified atom stereocenters. The first-order chi connectivity index (χ1) is 8.25. The van der Waals surface area contributed by atoms with Crippen molar-refractivity contribution in [1.82, 2.24) is 14.9 Å². The van der Waals surface area contributed by atoms with Gasteiger partial charge in [-0.2, -0.15) is 0 Å². The number of rotatable bonds is 6. The van der Waals surface area contributed by atoms with Gasteiger partial charge in [-0.15, -0.1) is 11.3 Å². The summed E-state index contributed by atoms with van der Waals surface area (Å²) in [6.45, 7) is 1.93. The van der Waals surface area contributed by atoms with Crippen LogP contribution in [0.5, 0.6) is 0 Å². The lowest BCUT2D eigenvalue weighted by atomic mass is 10.4. The molecule has 0 amide bonds. The zero-order valence-electron chi connectivity index (χ0n) is 9.52. The smallest absolute Gasteiger partial charge is 0.167 e. The van der Waals surface area contributed by atoms with Gasteiger partial charge in [0.25, 0.3) is 0 Å². The molecule has 0 aliphatic rings. The van der Waals surface area contributed by atoms with Gasteiger partial charge in [0.05, 0.1) is 0 Å². The molecule has 0 saturated heterocycles. The molecule has 1 N–H and O–H groups in total. The van der Waals surface area contributed by atoms with Gasteiger partial charge in [-0.1, -0.05) is 11.8 Å². The lowest BCUT2D eigenvalue weighted by Gasteiger charge is -2.03. The van der Waals surface area contributed by atoms with Crippen LogP contribution in [0.2, 0.25) is 0 Å². The van der Waals surface area contributed by atoms with E-state index in [9.17, 15) is 0 Å². The van der Waals surface area contributed by atoms with E-state index >= 15 is 0 Å². The van der Waals surface area contributed by atoms with Gasteiger partial charge in [0.2, 0.25) is 0 Å². The number of nitrogens with one attached hydrogen (secondary N) is 1. The van der Waals surface area contributed by atoms with E-state index in [2.05, 4.69) is 37.7 Å². The van der Waals surface area contributed by atoms with E-state index in [0.717, 1.165) is 24.0 Å². The molecule has 0 aliphatic carbocycles. The first-order valence-corrected chi connectivity index (χ1v) is 7.95. The van der Waals surface area contributed by atoms with Crippen molar-refractivity contribution in [2.45, 2.75) is 11.7 Å². The summed E-state index contributed by atoms with van der Waals surface area (Å²) in [4.78, 5) is 5.63. The van der Waals surface area contributed by atoms with Crippen LogP contribution in [0.25, 0.3) is 0 Å². The highest BCUT2D eigenvalue weighted by atomic mass is 79.9. The predicted molar refractivity (Wildman–Crippen MR) is 77.7 cm³/mol. The fourth-order valence-corrected chi connectivity index (χ4v) is 3.61. The molecule has 0 radical (unpaired) electrons. The van der Waals surface area contributed by atoms with Gasteiger partial charge in [0.1, 0.15) is 0 Å². The molecule has 2 aromatic heterocycles. The molecule has 6 heteroatoms. The molecule has 92 valence electrons. The Bertz CT molecular complexity index is 467. The number of nitrogens with zero attached hydrogens (tertiary/aromatic N) is 2. The van der Waals surface area contributed by atoms with Crippen LogP contribution >= 0.6 is 39.0 Å². The van der Waals surface area contributed by atoms with E-state index in [1.807, 2.05) is 24.0 Å². The van der Waals surface area contributed by atoms with E-state index in [4.69, 9.17) is 0 Å². The molecule has 17 heavy (non-hydrogen) atoms. The fourth-order valence-electron chi connectivity index (χ4n) is 1.36. The molecule has 0 aromatic carbocycles. The van der Waals surface area contributed by atoms with Crippen LogP contribution in [0.1, 0.15) is 4.88 Å². The highest BCUT2D eigenvalue weighted by Crippen LogP contribution is 2.19. The number of thiophene rings is 1. The van der Waals surface area contributed by atoms with E-state index in [0.29, 0.717) is 0 Å². The normalized spacial score (nSPS) is 10.9. The van der Waals surface area contributed by atoms with Gasteiger partial charge < -0.3 is 9.88 Å². The Labute approximate surface area is 118 Å². The summed E-state index contributed by atoms with van der Waals surface area (Å²) in [6.07, 6.45) is 3.80. The first-order valence-electron chi connectivity index (χ1n) is 5.29. The quantitative estimate of drug-likeness (QED) is 0.651. The molecule has 3 nitrogen and oxygen atoms in total. The maximum absolute atomic E-state index is 4.27. The predicted octanol–water partition coefficient (Wildman–Crippen LogP) is 3.13. The summed E-state index contributed by atoms with van der Waals surface area (Å²) >= 11 is 7.01. The van der Waals surface area contributed by atoms with Gasteiger partial charge in [0, 0.05) is 53.0 Å². The third-order valence-electron chi connectivity index (χ3n) is 2.21. The third kappa shape index (κ3) is 4.13. The summed E-state index contributed by atoms with van der Waals surface area (Å²) in [6, 6.07) is 2.16. The number of aryl methyl sites for hydroxylation is 1. The van der Waals surface area contributed by atoms with E-state index in [1.54, 1.807) is 23.1 Å². The number of thioether (sulfide) groups is 1. The summed E-state index contributed by atoms with van der Waals surface area (Å²) in [5.41, 5.74) is 0. The zero-order valence-corrected chi connectivity index (χ0v) is 12.7. The van der Waals surface area contributed by atoms with Crippen LogP contribution in [-0.4, -0.2) is 21.8 Å². The van der Waals surface area contributed by atoms with Crippen molar-refractivity contribution < 1.29 is 0 Å². The third-order valence-corrected chi connectivity index (χ3v) is 4.97. The summed E-state index contributed by atoms with van der Waals surface area (Å²) in [7, 11) is 2.02. The number of hydrogen-bond acceptors (Lipinski definition) is 4. The van der Waals surface area contributed by atoms with Gasteiger partial charge in [-0.3, -0.25) is 0 Å². The molecule has 2 heterocycles. The molecule has 0 atom stereocenters. The van der Waals surface area contributed by atoms with Crippen molar-refractivity contribution in [2.24, 2.45) is 7.05 Å². The summed E-state index contributed by atoms with van der Waals surface area (Å²) in [5.74, 6) is 1.04. The Hall–Kier alpha value is -0.300. The average molecular weight is 332 g/mol. The minimum Gasteiger partial charge on any atom is -0.329 e. The summed E-state index contributed by atoms with van der Waals surface area (Å²) < 4.78 is 3.21. The second kappa shape index (κ2) is 6.58. The number of aromatic nitrogens is 2. The highest BCUT2D eigenvalue weighted by Gasteiger charge is 2.00. The molecule has 0 bridgehead atoms. The molecular weight excluding hydrogens is 318 g/mol. The number of halogens is 1. The van der Waals surface area contributed by atoms with Crippen molar-refractivity contribution in [3.8, 4) is 0 Å². The highest BCUT2D eigenvalue weighted by molar-refractivity contribution is 9.10. The number of hydrogen-bond donors (Lipinski definition) is 1. The van der Waals surface area contributed by atoms with Crippen molar-refractivity contribution in [1.29, 1.82) is 0 Å². The molecule has 0 spiro atoms. The standard InChI is InChI=1S/C11H14BrN3S2/c1-15-4-2-14-11(15)16-5-3-13-7-10-6-9(12)8-17-10/h2,4,6,8,13H,3,5,7H2,1H3. The Morgan fingerprint density at radius 3 is 3.12 bits per heavy atom. The van der Waals surface area contributed by atoms with Crippen LogP contribution in [0.15, 0.2) is 33.5 Å². The lowest BCUT2D eigenvalue weighted by Crippen LogP contribution is -2.15. The molecule has 0 aliphatic heterocycles. The Morgan fingerprint density at radius 1 is 1.59 bits per heavy atom. The second-order valence-corrected chi connectivity index (χ2v) is 6.55. The summed E-state index contributed by atoms with van der Waals surface area (Å²) in [5, 5.41) is 6.61. The van der Waals surface area contributed by atoms with Gasteiger partial charge in [-0.05, 0) is 22.0 Å². The van der Waals surface area contributed by atoms with Crippen LogP contribution in [-0.2, 0) is 13.6 Å². The van der Waals surface area contributed by atoms with Crippen molar-refractivity contribution in [2.75, 3.05) is 12.3 Å². The molecule has 0 saturated carbocycles. The van der Waals surface area contributed by atoms with Crippen LogP contribution in [0.4, 0.5) is 0 Å². The van der Waals surface area contributed by atoms with E-state index in [-0.39, 0.29) is 0 Å². The maximum Gasteiger partial charge on any atom is 0.167 e. The SMILES string of the molecule is Cn1ccnc1SCCNCc1cc(Br)cs1. The first kappa shape index (κ1) is 13.1. The number of imidazole rings is 1. The van der Waals surface area contributed by atoms with Gasteiger partial charge in [0.15, 0.2) is 5.16 Å². The largest absolute Gasteiger partial charge is 0.329 e. The fraction of sp³-hybridized carbons (Fsp3) is 0.364. The molecule has 2 aromatic rings. The van der Waals surface area contributed by atoms with Crippen LogP contribution in [0.3, 0.4) is 0 Å². The van der Waals surface area contributed by atoms with Crippen LogP contribution in [0, 0.1) is 0 Å². The average Bonchev–Trinajstić information content (AvgIpc) is 2.88. The Kier molecular flexibility index (Phi) is 5.09. The second-order valence-electron chi connectivity index (χ2n) is 3.58. The van der Waals surface area contributed by atoms with E-state index in [1.165, 1.54) is 9.35 Å². The van der Waals surface area contributed by atoms with Crippen molar-refractivity contribution in [3.05, 3.63) is 33.2 Å². The molecule has 0 fully saturated rings. The topological polar surface area (TPSA) is 29.9 Å².